The number of aromatic amines is 1. The van der Waals surface area contributed by atoms with Crippen molar-refractivity contribution >= 4 is 40.1 Å². The number of β-amino-alcohol motifs (C(OH)–C–C–N with tert-alkyl or cyclic N) is 1. The maximum Gasteiger partial charge on any atom is 0.166 e. The molecule has 0 amide bonds. The lowest BCUT2D eigenvalue weighted by atomic mass is 9.97. The van der Waals surface area contributed by atoms with Gasteiger partial charge in [0.2, 0.25) is 0 Å². The third-order valence-electron chi connectivity index (χ3n) is 5.58. The van der Waals surface area contributed by atoms with E-state index in [0.29, 0.717) is 5.25 Å². The van der Waals surface area contributed by atoms with Gasteiger partial charge < -0.3 is 20.1 Å². The van der Waals surface area contributed by atoms with Crippen LogP contribution in [0.5, 0.6) is 0 Å². The van der Waals surface area contributed by atoms with E-state index in [-0.39, 0.29) is 12.7 Å². The molecule has 2 fully saturated rings. The summed E-state index contributed by atoms with van der Waals surface area (Å²) in [6.07, 6.45) is 3.71. The van der Waals surface area contributed by atoms with Crippen molar-refractivity contribution < 1.29 is 10.2 Å². The van der Waals surface area contributed by atoms with Crippen LogP contribution in [0.1, 0.15) is 25.7 Å². The Morgan fingerprint density at radius 2 is 1.89 bits per heavy atom. The van der Waals surface area contributed by atoms with E-state index in [0.717, 1.165) is 85.3 Å². The molecule has 2 heterocycles. The molecule has 1 aromatic heterocycles. The maximum atomic E-state index is 9.67. The first-order valence-electron chi connectivity index (χ1n) is 9.74. The van der Waals surface area contributed by atoms with E-state index in [4.69, 9.17) is 21.7 Å². The minimum absolute atomic E-state index is 0.128. The minimum Gasteiger partial charge on any atom is -0.395 e. The third-order valence-corrected chi connectivity index (χ3v) is 7.10. The molecule has 0 unspecified atom stereocenters. The molecule has 8 heteroatoms. The number of fused-ring (bicyclic) bond motifs is 1. The van der Waals surface area contributed by atoms with Crippen LogP contribution in [0.4, 0.5) is 5.69 Å². The lowest BCUT2D eigenvalue weighted by Crippen LogP contribution is -2.47. The summed E-state index contributed by atoms with van der Waals surface area (Å²) in [5, 5.41) is 21.0. The molecule has 2 aromatic rings. The van der Waals surface area contributed by atoms with E-state index in [9.17, 15) is 5.11 Å². The molecule has 148 valence electrons. The second-order valence-corrected chi connectivity index (χ2v) is 9.16. The van der Waals surface area contributed by atoms with Gasteiger partial charge >= 0.3 is 0 Å². The number of aliphatic hydroxyl groups excluding tert-OH is 2. The molecule has 0 radical (unpaired) electrons. The van der Waals surface area contributed by atoms with Crippen LogP contribution in [0.25, 0.3) is 11.0 Å². The van der Waals surface area contributed by atoms with Crippen LogP contribution in [0.2, 0.25) is 5.02 Å². The molecule has 0 bridgehead atoms. The lowest BCUT2D eigenvalue weighted by Gasteiger charge is -2.36. The van der Waals surface area contributed by atoms with E-state index in [2.05, 4.69) is 20.9 Å². The fraction of sp³-hybridized carbons (Fsp3) is 0.632. The van der Waals surface area contributed by atoms with Crippen molar-refractivity contribution in [1.29, 1.82) is 0 Å². The molecule has 3 N–H and O–H groups in total. The van der Waals surface area contributed by atoms with E-state index in [1.165, 1.54) is 0 Å². The third kappa shape index (κ3) is 4.54. The number of H-pyrrole nitrogens is 1. The predicted molar refractivity (Wildman–Crippen MR) is 111 cm³/mol. The molecule has 27 heavy (non-hydrogen) atoms. The highest BCUT2D eigenvalue weighted by molar-refractivity contribution is 7.99. The Bertz CT molecular complexity index is 770. The van der Waals surface area contributed by atoms with Gasteiger partial charge in [0.05, 0.1) is 34.5 Å². The molecule has 1 aliphatic carbocycles. The number of thioether (sulfide) groups is 1. The Hall–Kier alpha value is -0.990. The molecule has 0 atom stereocenters. The summed E-state index contributed by atoms with van der Waals surface area (Å²) in [5.41, 5.74) is 2.96. The second kappa shape index (κ2) is 8.57. The van der Waals surface area contributed by atoms with Crippen molar-refractivity contribution in [3.05, 3.63) is 17.2 Å². The van der Waals surface area contributed by atoms with Crippen molar-refractivity contribution in [2.24, 2.45) is 0 Å². The number of aromatic nitrogens is 2. The number of imidazole rings is 1. The molecule has 0 spiro atoms. The fourth-order valence-corrected chi connectivity index (χ4v) is 5.40. The predicted octanol–water partition coefficient (Wildman–Crippen LogP) is 2.73. The summed E-state index contributed by atoms with van der Waals surface area (Å²) in [4.78, 5) is 12.8. The number of hydrogen-bond donors (Lipinski definition) is 3. The largest absolute Gasteiger partial charge is 0.395 e. The number of halogens is 1. The zero-order valence-corrected chi connectivity index (χ0v) is 17.0. The van der Waals surface area contributed by atoms with Gasteiger partial charge in [-0.1, -0.05) is 23.4 Å². The van der Waals surface area contributed by atoms with Crippen molar-refractivity contribution in [3.63, 3.8) is 0 Å². The number of benzene rings is 1. The highest BCUT2D eigenvalue weighted by Gasteiger charge is 2.23. The van der Waals surface area contributed by atoms with Gasteiger partial charge in [-0.15, -0.1) is 0 Å². The van der Waals surface area contributed by atoms with Crippen molar-refractivity contribution in [1.82, 2.24) is 14.9 Å². The Labute approximate surface area is 168 Å². The van der Waals surface area contributed by atoms with E-state index >= 15 is 0 Å². The molecular weight excluding hydrogens is 384 g/mol. The average Bonchev–Trinajstić information content (AvgIpc) is 3.05. The van der Waals surface area contributed by atoms with Crippen LogP contribution in [-0.4, -0.2) is 75.8 Å². The highest BCUT2D eigenvalue weighted by Crippen LogP contribution is 2.35. The van der Waals surface area contributed by atoms with Crippen LogP contribution in [0.15, 0.2) is 17.3 Å². The van der Waals surface area contributed by atoms with Crippen molar-refractivity contribution in [2.45, 2.75) is 42.2 Å². The number of rotatable bonds is 5. The first kappa shape index (κ1) is 19.3. The molecule has 6 nitrogen and oxygen atoms in total. The minimum atomic E-state index is -0.128. The first-order chi connectivity index (χ1) is 13.1. The van der Waals surface area contributed by atoms with Crippen LogP contribution < -0.4 is 4.90 Å². The zero-order valence-electron chi connectivity index (χ0n) is 15.4. The molecular formula is C19H27ClN4O2S. The molecule has 1 saturated carbocycles. The van der Waals surface area contributed by atoms with Gasteiger partial charge in [0.1, 0.15) is 0 Å². The lowest BCUT2D eigenvalue weighted by molar-refractivity contribution is 0.132. The first-order valence-corrected chi connectivity index (χ1v) is 11.0. The normalized spacial score (nSPS) is 24.6. The molecule has 4 rings (SSSR count). The average molecular weight is 411 g/mol. The Morgan fingerprint density at radius 3 is 2.59 bits per heavy atom. The Kier molecular flexibility index (Phi) is 6.14. The van der Waals surface area contributed by atoms with Gasteiger partial charge in [-0.3, -0.25) is 4.90 Å². The monoisotopic (exact) mass is 410 g/mol. The summed E-state index contributed by atoms with van der Waals surface area (Å²) in [7, 11) is 0. The number of nitrogens with zero attached hydrogens (tertiary/aromatic N) is 3. The van der Waals surface area contributed by atoms with Crippen LogP contribution in [0, 0.1) is 0 Å². The molecule has 1 aromatic carbocycles. The van der Waals surface area contributed by atoms with Crippen LogP contribution >= 0.6 is 23.4 Å². The number of hydrogen-bond acceptors (Lipinski definition) is 6. The SMILES string of the molecule is OCCN1CCN(c2cc3nc(SC4CCC(O)CC4)[nH]c3cc2Cl)CC1. The number of nitrogens with one attached hydrogen (secondary N) is 1. The number of aliphatic hydroxyl groups is 2. The summed E-state index contributed by atoms with van der Waals surface area (Å²) in [6, 6.07) is 4.07. The van der Waals surface area contributed by atoms with Gasteiger partial charge in [-0.25, -0.2) is 4.98 Å². The molecule has 2 aliphatic rings. The van der Waals surface area contributed by atoms with Crippen molar-refractivity contribution in [3.8, 4) is 0 Å². The van der Waals surface area contributed by atoms with Gasteiger partial charge in [0.25, 0.3) is 0 Å². The Balaban J connectivity index is 1.46. The highest BCUT2D eigenvalue weighted by atomic mass is 35.5. The van der Waals surface area contributed by atoms with Crippen LogP contribution in [0.3, 0.4) is 0 Å². The van der Waals surface area contributed by atoms with Crippen LogP contribution in [-0.2, 0) is 0 Å². The number of piperazine rings is 1. The molecule has 1 saturated heterocycles. The maximum absolute atomic E-state index is 9.67. The zero-order chi connectivity index (χ0) is 18.8. The summed E-state index contributed by atoms with van der Waals surface area (Å²) >= 11 is 8.35. The van der Waals surface area contributed by atoms with E-state index < -0.39 is 0 Å². The number of anilines is 1. The van der Waals surface area contributed by atoms with E-state index in [1.54, 1.807) is 11.8 Å². The topological polar surface area (TPSA) is 75.6 Å². The summed E-state index contributed by atoms with van der Waals surface area (Å²) in [5.74, 6) is 0. The van der Waals surface area contributed by atoms with E-state index in [1.807, 2.05) is 6.07 Å². The fourth-order valence-electron chi connectivity index (χ4n) is 3.97. The van der Waals surface area contributed by atoms with Crippen molar-refractivity contribution in [2.75, 3.05) is 44.2 Å². The quantitative estimate of drug-likeness (QED) is 0.703. The van der Waals surface area contributed by atoms with Gasteiger partial charge in [-0.2, -0.15) is 0 Å². The molecule has 1 aliphatic heterocycles. The Morgan fingerprint density at radius 1 is 1.15 bits per heavy atom. The van der Waals surface area contributed by atoms with Gasteiger partial charge in [0.15, 0.2) is 5.16 Å². The van der Waals surface area contributed by atoms with Gasteiger partial charge in [0, 0.05) is 38.0 Å². The summed E-state index contributed by atoms with van der Waals surface area (Å²) in [6.45, 7) is 4.62. The van der Waals surface area contributed by atoms with Gasteiger partial charge in [-0.05, 0) is 37.8 Å². The standard InChI is InChI=1S/C19H27ClN4O2S/c20-15-11-16-17(12-18(15)24-7-5-23(6-8-24)9-10-25)22-19(21-16)27-14-3-1-13(26)2-4-14/h11-14,25-26H,1-10H2,(H,21,22). The smallest absolute Gasteiger partial charge is 0.166 e. The summed E-state index contributed by atoms with van der Waals surface area (Å²) < 4.78 is 0. The second-order valence-electron chi connectivity index (χ2n) is 7.46.